The standard InChI is InChI=1S/C10H11NO3S2/c1-8-4-5-10(15-8)16(12,13)11-7-9-3-2-6-14-9/h2-6,11H,7H2,1H3. The van der Waals surface area contributed by atoms with Crippen molar-refractivity contribution in [2.24, 2.45) is 0 Å². The van der Waals surface area contributed by atoms with Crippen LogP contribution in [0.1, 0.15) is 10.6 Å². The molecule has 2 rings (SSSR count). The van der Waals surface area contributed by atoms with Crippen LogP contribution < -0.4 is 4.72 Å². The molecule has 6 heteroatoms. The average Bonchev–Trinajstić information content (AvgIpc) is 2.85. The lowest BCUT2D eigenvalue weighted by molar-refractivity contribution is 0.499. The molecule has 0 aliphatic carbocycles. The van der Waals surface area contributed by atoms with Crippen LogP contribution in [0.15, 0.2) is 39.2 Å². The molecule has 0 aromatic carbocycles. The van der Waals surface area contributed by atoms with Gasteiger partial charge in [-0.05, 0) is 31.2 Å². The summed E-state index contributed by atoms with van der Waals surface area (Å²) in [5, 5.41) is 0. The Morgan fingerprint density at radius 2 is 2.19 bits per heavy atom. The minimum Gasteiger partial charge on any atom is -0.468 e. The Morgan fingerprint density at radius 1 is 1.38 bits per heavy atom. The number of nitrogens with one attached hydrogen (secondary N) is 1. The van der Waals surface area contributed by atoms with Crippen LogP contribution in [0.4, 0.5) is 0 Å². The average molecular weight is 257 g/mol. The summed E-state index contributed by atoms with van der Waals surface area (Å²) in [5.74, 6) is 0.594. The zero-order chi connectivity index (χ0) is 11.6. The number of sulfonamides is 1. The smallest absolute Gasteiger partial charge is 0.250 e. The molecule has 0 fully saturated rings. The van der Waals surface area contributed by atoms with Gasteiger partial charge < -0.3 is 4.42 Å². The molecule has 2 aromatic rings. The summed E-state index contributed by atoms with van der Waals surface area (Å²) < 4.78 is 31.5. The third-order valence-electron chi connectivity index (χ3n) is 2.00. The zero-order valence-corrected chi connectivity index (χ0v) is 10.3. The Kier molecular flexibility index (Phi) is 3.13. The van der Waals surface area contributed by atoms with Crippen molar-refractivity contribution in [3.05, 3.63) is 41.2 Å². The molecule has 0 amide bonds. The number of rotatable bonds is 4. The van der Waals surface area contributed by atoms with E-state index < -0.39 is 10.0 Å². The van der Waals surface area contributed by atoms with E-state index in [2.05, 4.69) is 4.72 Å². The highest BCUT2D eigenvalue weighted by Crippen LogP contribution is 2.20. The van der Waals surface area contributed by atoms with E-state index in [1.54, 1.807) is 24.3 Å². The summed E-state index contributed by atoms with van der Waals surface area (Å²) in [7, 11) is -3.41. The Labute approximate surface area is 98.0 Å². The van der Waals surface area contributed by atoms with Gasteiger partial charge in [-0.1, -0.05) is 0 Å². The van der Waals surface area contributed by atoms with Crippen LogP contribution in [0.3, 0.4) is 0 Å². The summed E-state index contributed by atoms with van der Waals surface area (Å²) in [6.07, 6.45) is 1.51. The van der Waals surface area contributed by atoms with Gasteiger partial charge in [0.2, 0.25) is 10.0 Å². The van der Waals surface area contributed by atoms with E-state index in [1.165, 1.54) is 17.6 Å². The topological polar surface area (TPSA) is 59.3 Å². The Hall–Kier alpha value is -1.11. The van der Waals surface area contributed by atoms with Gasteiger partial charge in [-0.15, -0.1) is 11.3 Å². The second-order valence-electron chi connectivity index (χ2n) is 3.27. The van der Waals surface area contributed by atoms with Gasteiger partial charge in [0, 0.05) is 4.88 Å². The highest BCUT2D eigenvalue weighted by Gasteiger charge is 2.15. The Balaban J connectivity index is 2.09. The predicted octanol–water partition coefficient (Wildman–Crippen LogP) is 2.13. The minimum atomic E-state index is -3.41. The first-order chi connectivity index (χ1) is 7.58. The second kappa shape index (κ2) is 4.40. The van der Waals surface area contributed by atoms with Crippen molar-refractivity contribution in [1.82, 2.24) is 4.72 Å². The summed E-state index contributed by atoms with van der Waals surface area (Å²) in [4.78, 5) is 0.971. The Bertz CT molecular complexity index is 555. The maximum Gasteiger partial charge on any atom is 0.250 e. The van der Waals surface area contributed by atoms with Crippen LogP contribution in [0.25, 0.3) is 0 Å². The quantitative estimate of drug-likeness (QED) is 0.912. The predicted molar refractivity (Wildman–Crippen MR) is 61.8 cm³/mol. The molecule has 1 N–H and O–H groups in total. The van der Waals surface area contributed by atoms with E-state index in [0.717, 1.165) is 4.88 Å². The molecule has 0 aliphatic heterocycles. The van der Waals surface area contributed by atoms with Gasteiger partial charge in [0.05, 0.1) is 12.8 Å². The summed E-state index contributed by atoms with van der Waals surface area (Å²) in [6.45, 7) is 2.04. The normalized spacial score (nSPS) is 11.8. The highest BCUT2D eigenvalue weighted by atomic mass is 32.2. The number of hydrogen-bond donors (Lipinski definition) is 1. The lowest BCUT2D eigenvalue weighted by Crippen LogP contribution is -2.22. The highest BCUT2D eigenvalue weighted by molar-refractivity contribution is 7.91. The van der Waals surface area contributed by atoms with Gasteiger partial charge in [-0.25, -0.2) is 13.1 Å². The molecular weight excluding hydrogens is 246 g/mol. The van der Waals surface area contributed by atoms with Gasteiger partial charge in [0.1, 0.15) is 9.97 Å². The third kappa shape index (κ3) is 2.52. The van der Waals surface area contributed by atoms with Crippen LogP contribution in [0.5, 0.6) is 0 Å². The van der Waals surface area contributed by atoms with Gasteiger partial charge >= 0.3 is 0 Å². The van der Waals surface area contributed by atoms with Crippen LogP contribution in [-0.2, 0) is 16.6 Å². The molecule has 2 heterocycles. The molecule has 0 aliphatic rings. The van der Waals surface area contributed by atoms with Gasteiger partial charge in [-0.2, -0.15) is 0 Å². The van der Waals surface area contributed by atoms with Crippen molar-refractivity contribution in [3.8, 4) is 0 Å². The molecular formula is C10H11NO3S2. The van der Waals surface area contributed by atoms with Crippen molar-refractivity contribution in [1.29, 1.82) is 0 Å². The monoisotopic (exact) mass is 257 g/mol. The molecule has 16 heavy (non-hydrogen) atoms. The van der Waals surface area contributed by atoms with E-state index in [0.29, 0.717) is 9.97 Å². The first kappa shape index (κ1) is 11.4. The molecule has 0 saturated carbocycles. The summed E-state index contributed by atoms with van der Waals surface area (Å²) >= 11 is 1.25. The fourth-order valence-electron chi connectivity index (χ4n) is 1.21. The van der Waals surface area contributed by atoms with Crippen LogP contribution in [0, 0.1) is 6.92 Å². The van der Waals surface area contributed by atoms with Gasteiger partial charge in [0.15, 0.2) is 0 Å². The number of hydrogen-bond acceptors (Lipinski definition) is 4. The third-order valence-corrected chi connectivity index (χ3v) is 4.89. The van der Waals surface area contributed by atoms with Crippen LogP contribution >= 0.6 is 11.3 Å². The second-order valence-corrected chi connectivity index (χ2v) is 6.55. The number of aryl methyl sites for hydroxylation is 1. The molecule has 0 saturated heterocycles. The van der Waals surface area contributed by atoms with Crippen molar-refractivity contribution in [3.63, 3.8) is 0 Å². The SMILES string of the molecule is Cc1ccc(S(=O)(=O)NCc2ccco2)s1. The van der Waals surface area contributed by atoms with Crippen molar-refractivity contribution < 1.29 is 12.8 Å². The number of thiophene rings is 1. The number of furan rings is 1. The van der Waals surface area contributed by atoms with Crippen molar-refractivity contribution in [2.75, 3.05) is 0 Å². The van der Waals surface area contributed by atoms with Gasteiger partial charge in [-0.3, -0.25) is 0 Å². The minimum absolute atomic E-state index is 0.173. The Morgan fingerprint density at radius 3 is 2.75 bits per heavy atom. The molecule has 4 nitrogen and oxygen atoms in total. The maximum atomic E-state index is 11.8. The molecule has 0 atom stereocenters. The van der Waals surface area contributed by atoms with Crippen molar-refractivity contribution >= 4 is 21.4 Å². The van der Waals surface area contributed by atoms with Crippen molar-refractivity contribution in [2.45, 2.75) is 17.7 Å². The van der Waals surface area contributed by atoms with E-state index in [1.807, 2.05) is 6.92 Å². The lowest BCUT2D eigenvalue weighted by atomic mass is 10.5. The first-order valence-corrected chi connectivity index (χ1v) is 6.96. The maximum absolute atomic E-state index is 11.8. The fraction of sp³-hybridized carbons (Fsp3) is 0.200. The molecule has 86 valence electrons. The zero-order valence-electron chi connectivity index (χ0n) is 8.64. The van der Waals surface area contributed by atoms with E-state index in [4.69, 9.17) is 4.42 Å². The summed E-state index contributed by atoms with van der Waals surface area (Å²) in [6, 6.07) is 6.83. The van der Waals surface area contributed by atoms with Crippen LogP contribution in [0.2, 0.25) is 0 Å². The molecule has 0 unspecified atom stereocenters. The largest absolute Gasteiger partial charge is 0.468 e. The van der Waals surface area contributed by atoms with E-state index in [-0.39, 0.29) is 6.54 Å². The molecule has 0 bridgehead atoms. The van der Waals surface area contributed by atoms with Gasteiger partial charge in [0.25, 0.3) is 0 Å². The van der Waals surface area contributed by atoms with Crippen LogP contribution in [-0.4, -0.2) is 8.42 Å². The molecule has 0 radical (unpaired) electrons. The van der Waals surface area contributed by atoms with E-state index >= 15 is 0 Å². The lowest BCUT2D eigenvalue weighted by Gasteiger charge is -2.01. The molecule has 2 aromatic heterocycles. The summed E-state index contributed by atoms with van der Waals surface area (Å²) in [5.41, 5.74) is 0. The fourth-order valence-corrected chi connectivity index (χ4v) is 3.53. The molecule has 0 spiro atoms. The first-order valence-electron chi connectivity index (χ1n) is 4.66. The van der Waals surface area contributed by atoms with E-state index in [9.17, 15) is 8.42 Å².